The maximum Gasteiger partial charge on any atom is 0.257 e. The van der Waals surface area contributed by atoms with Crippen molar-refractivity contribution in [2.75, 3.05) is 6.54 Å². The van der Waals surface area contributed by atoms with E-state index in [4.69, 9.17) is 0 Å². The standard InChI is InChI=1S/C22H21N3O3/c1-11(26)16-10-23-20(12(2)27)19-15(16)9-18-21-14(7-8-25(18)22(19)28)13-5-3-4-6-17(13)24-21/h3-6,10-11,18,24,26H,7-9H2,1-2H3/t11-,18-/m0/s1. The lowest BCUT2D eigenvalue weighted by molar-refractivity contribution is 0.0620. The summed E-state index contributed by atoms with van der Waals surface area (Å²) in [4.78, 5) is 35.1. The summed E-state index contributed by atoms with van der Waals surface area (Å²) in [6.45, 7) is 3.70. The van der Waals surface area contributed by atoms with E-state index in [1.807, 2.05) is 17.0 Å². The number of H-pyrrole nitrogens is 1. The molecule has 5 rings (SSSR count). The topological polar surface area (TPSA) is 86.3 Å². The van der Waals surface area contributed by atoms with E-state index >= 15 is 0 Å². The van der Waals surface area contributed by atoms with E-state index in [1.165, 1.54) is 24.1 Å². The normalized spacial score (nSPS) is 19.2. The predicted octanol–water partition coefficient (Wildman–Crippen LogP) is 3.11. The molecular formula is C22H21N3O3. The van der Waals surface area contributed by atoms with Crippen LogP contribution in [-0.2, 0) is 12.8 Å². The van der Waals surface area contributed by atoms with Crippen LogP contribution in [0.5, 0.6) is 0 Å². The molecule has 142 valence electrons. The Balaban J connectivity index is 1.72. The van der Waals surface area contributed by atoms with Crippen molar-refractivity contribution in [3.8, 4) is 0 Å². The van der Waals surface area contributed by atoms with E-state index in [0.717, 1.165) is 23.2 Å². The number of fused-ring (bicyclic) bond motifs is 6. The van der Waals surface area contributed by atoms with Gasteiger partial charge >= 0.3 is 0 Å². The van der Waals surface area contributed by atoms with Gasteiger partial charge in [0.25, 0.3) is 5.91 Å². The minimum Gasteiger partial charge on any atom is -0.389 e. The Morgan fingerprint density at radius 2 is 2.11 bits per heavy atom. The van der Waals surface area contributed by atoms with Gasteiger partial charge in [0.1, 0.15) is 5.69 Å². The first-order chi connectivity index (χ1) is 13.5. The van der Waals surface area contributed by atoms with Gasteiger partial charge in [0.15, 0.2) is 5.78 Å². The van der Waals surface area contributed by atoms with E-state index in [9.17, 15) is 14.7 Å². The van der Waals surface area contributed by atoms with Gasteiger partial charge < -0.3 is 15.0 Å². The quantitative estimate of drug-likeness (QED) is 0.674. The lowest BCUT2D eigenvalue weighted by Crippen LogP contribution is -2.45. The summed E-state index contributed by atoms with van der Waals surface area (Å²) in [6, 6.07) is 8.06. The van der Waals surface area contributed by atoms with Gasteiger partial charge in [-0.15, -0.1) is 0 Å². The number of Topliss-reactive ketones (excluding diaryl/α,β-unsaturated/α-hetero) is 1. The third kappa shape index (κ3) is 2.27. The summed E-state index contributed by atoms with van der Waals surface area (Å²) >= 11 is 0. The van der Waals surface area contributed by atoms with Gasteiger partial charge in [-0.3, -0.25) is 14.6 Å². The monoisotopic (exact) mass is 375 g/mol. The van der Waals surface area contributed by atoms with E-state index in [0.29, 0.717) is 24.1 Å². The number of hydrogen-bond donors (Lipinski definition) is 2. The summed E-state index contributed by atoms with van der Waals surface area (Å²) in [5.41, 5.74) is 5.32. The molecule has 2 atom stereocenters. The molecule has 2 aliphatic rings. The molecule has 0 unspecified atom stereocenters. The summed E-state index contributed by atoms with van der Waals surface area (Å²) in [5, 5.41) is 11.4. The maximum absolute atomic E-state index is 13.4. The van der Waals surface area contributed by atoms with Crippen LogP contribution in [0.15, 0.2) is 30.5 Å². The molecule has 1 amide bonds. The Kier molecular flexibility index (Phi) is 3.67. The van der Waals surface area contributed by atoms with Gasteiger partial charge in [-0.2, -0.15) is 0 Å². The highest BCUT2D eigenvalue weighted by atomic mass is 16.3. The molecule has 0 radical (unpaired) electrons. The number of benzene rings is 1. The average Bonchev–Trinajstić information content (AvgIpc) is 3.06. The molecule has 3 aromatic rings. The number of aromatic nitrogens is 2. The van der Waals surface area contributed by atoms with Crippen molar-refractivity contribution < 1.29 is 14.7 Å². The van der Waals surface area contributed by atoms with Gasteiger partial charge in [0, 0.05) is 41.8 Å². The Labute approximate surface area is 162 Å². The summed E-state index contributed by atoms with van der Waals surface area (Å²) in [7, 11) is 0. The Morgan fingerprint density at radius 3 is 2.86 bits per heavy atom. The second-order valence-electron chi connectivity index (χ2n) is 7.68. The van der Waals surface area contributed by atoms with E-state index in [-0.39, 0.29) is 23.4 Å². The van der Waals surface area contributed by atoms with Crippen LogP contribution in [0.25, 0.3) is 10.9 Å². The SMILES string of the molecule is CC(=O)c1ncc([C@H](C)O)c2c1C(=O)N1CCc3c([nH]c4ccccc34)[C@@H]1C2. The number of aromatic amines is 1. The molecule has 4 heterocycles. The van der Waals surface area contributed by atoms with Crippen molar-refractivity contribution in [2.24, 2.45) is 0 Å². The average molecular weight is 375 g/mol. The van der Waals surface area contributed by atoms with Gasteiger partial charge in [0.05, 0.1) is 17.7 Å². The molecule has 2 aliphatic heterocycles. The Bertz CT molecular complexity index is 1150. The van der Waals surface area contributed by atoms with E-state index in [2.05, 4.69) is 22.1 Å². The fraction of sp³-hybridized carbons (Fsp3) is 0.318. The number of rotatable bonds is 2. The second kappa shape index (κ2) is 6.01. The summed E-state index contributed by atoms with van der Waals surface area (Å²) in [5.74, 6) is -0.403. The van der Waals surface area contributed by atoms with Crippen molar-refractivity contribution in [2.45, 2.75) is 38.8 Å². The maximum atomic E-state index is 13.4. The van der Waals surface area contributed by atoms with Gasteiger partial charge in [-0.05, 0) is 37.0 Å². The largest absolute Gasteiger partial charge is 0.389 e. The van der Waals surface area contributed by atoms with Gasteiger partial charge in [0.2, 0.25) is 0 Å². The third-order valence-electron chi connectivity index (χ3n) is 6.03. The molecule has 0 fully saturated rings. The second-order valence-corrected chi connectivity index (χ2v) is 7.68. The van der Waals surface area contributed by atoms with Crippen molar-refractivity contribution in [3.63, 3.8) is 0 Å². The van der Waals surface area contributed by atoms with Crippen LogP contribution in [0.4, 0.5) is 0 Å². The molecule has 2 aromatic heterocycles. The predicted molar refractivity (Wildman–Crippen MR) is 104 cm³/mol. The van der Waals surface area contributed by atoms with Crippen molar-refractivity contribution in [1.82, 2.24) is 14.9 Å². The molecule has 0 aliphatic carbocycles. The van der Waals surface area contributed by atoms with E-state index < -0.39 is 6.10 Å². The summed E-state index contributed by atoms with van der Waals surface area (Å²) in [6.07, 6.45) is 2.12. The zero-order valence-corrected chi connectivity index (χ0v) is 15.8. The molecule has 0 saturated carbocycles. The smallest absolute Gasteiger partial charge is 0.257 e. The third-order valence-corrected chi connectivity index (χ3v) is 6.03. The zero-order valence-electron chi connectivity index (χ0n) is 15.8. The van der Waals surface area contributed by atoms with Crippen LogP contribution in [0.1, 0.15) is 69.2 Å². The number of amides is 1. The number of hydrogen-bond acceptors (Lipinski definition) is 4. The molecule has 1 aromatic carbocycles. The highest BCUT2D eigenvalue weighted by molar-refractivity contribution is 6.08. The molecule has 2 N–H and O–H groups in total. The van der Waals surface area contributed by atoms with Crippen LogP contribution in [-0.4, -0.2) is 38.2 Å². The fourth-order valence-electron chi connectivity index (χ4n) is 4.75. The Hall–Kier alpha value is -2.99. The minimum absolute atomic E-state index is 0.129. The highest BCUT2D eigenvalue weighted by Crippen LogP contribution is 2.42. The number of nitrogens with zero attached hydrogens (tertiary/aromatic N) is 2. The number of nitrogens with one attached hydrogen (secondary N) is 1. The van der Waals surface area contributed by atoms with Crippen LogP contribution in [0, 0.1) is 0 Å². The summed E-state index contributed by atoms with van der Waals surface area (Å²) < 4.78 is 0. The zero-order chi connectivity index (χ0) is 19.6. The fourth-order valence-corrected chi connectivity index (χ4v) is 4.75. The van der Waals surface area contributed by atoms with Crippen LogP contribution < -0.4 is 0 Å². The molecule has 0 bridgehead atoms. The number of ketones is 1. The first kappa shape index (κ1) is 17.1. The molecule has 0 saturated heterocycles. The number of aliphatic hydroxyl groups excluding tert-OH is 1. The van der Waals surface area contributed by atoms with Crippen molar-refractivity contribution >= 4 is 22.6 Å². The number of carbonyl (C=O) groups is 2. The molecule has 6 heteroatoms. The molecule has 0 spiro atoms. The number of para-hydroxylation sites is 1. The molecular weight excluding hydrogens is 354 g/mol. The van der Waals surface area contributed by atoms with Gasteiger partial charge in [-0.25, -0.2) is 0 Å². The lowest BCUT2D eigenvalue weighted by Gasteiger charge is -2.41. The first-order valence-corrected chi connectivity index (χ1v) is 9.58. The van der Waals surface area contributed by atoms with Crippen LogP contribution >= 0.6 is 0 Å². The van der Waals surface area contributed by atoms with Gasteiger partial charge in [-0.1, -0.05) is 18.2 Å². The Morgan fingerprint density at radius 1 is 1.32 bits per heavy atom. The molecule has 28 heavy (non-hydrogen) atoms. The molecule has 6 nitrogen and oxygen atoms in total. The van der Waals surface area contributed by atoms with Crippen LogP contribution in [0.2, 0.25) is 0 Å². The van der Waals surface area contributed by atoms with E-state index in [1.54, 1.807) is 6.92 Å². The lowest BCUT2D eigenvalue weighted by atomic mass is 9.83. The number of pyridine rings is 1. The minimum atomic E-state index is -0.757. The van der Waals surface area contributed by atoms with Crippen molar-refractivity contribution in [3.05, 3.63) is 64.1 Å². The van der Waals surface area contributed by atoms with Crippen LogP contribution in [0.3, 0.4) is 0 Å². The highest BCUT2D eigenvalue weighted by Gasteiger charge is 2.41. The first-order valence-electron chi connectivity index (χ1n) is 9.58. The number of carbonyl (C=O) groups excluding carboxylic acids is 2. The number of aliphatic hydroxyl groups is 1. The van der Waals surface area contributed by atoms with Crippen molar-refractivity contribution in [1.29, 1.82) is 0 Å².